The first-order valence-electron chi connectivity index (χ1n) is 4.72. The summed E-state index contributed by atoms with van der Waals surface area (Å²) in [6.07, 6.45) is 0.743. The molecule has 1 aromatic carbocycles. The third-order valence-corrected chi connectivity index (χ3v) is 2.64. The van der Waals surface area contributed by atoms with Crippen molar-refractivity contribution in [1.82, 2.24) is 0 Å². The minimum absolute atomic E-state index is 0. The quantitative estimate of drug-likeness (QED) is 0.353. The SMILES string of the molecule is CC1(C)Cc2ccc(OS(=O)(=O)[O-])cc2O1.[Li+]. The van der Waals surface area contributed by atoms with Gasteiger partial charge in [0, 0.05) is 12.5 Å². The Morgan fingerprint density at radius 1 is 1.41 bits per heavy atom. The Bertz CT molecular complexity index is 523. The summed E-state index contributed by atoms with van der Waals surface area (Å²) in [6.45, 7) is 3.86. The van der Waals surface area contributed by atoms with Gasteiger partial charge in [-0.15, -0.1) is 0 Å². The Morgan fingerprint density at radius 2 is 2.06 bits per heavy atom. The Hall–Kier alpha value is -0.673. The largest absolute Gasteiger partial charge is 1.00 e. The fourth-order valence-corrected chi connectivity index (χ4v) is 2.08. The topological polar surface area (TPSA) is 75.7 Å². The number of fused-ring (bicyclic) bond motifs is 1. The van der Waals surface area contributed by atoms with Gasteiger partial charge < -0.3 is 13.5 Å². The molecule has 0 fully saturated rings. The third-order valence-electron chi connectivity index (χ3n) is 2.24. The van der Waals surface area contributed by atoms with Gasteiger partial charge in [-0.2, -0.15) is 0 Å². The van der Waals surface area contributed by atoms with E-state index in [1.165, 1.54) is 12.1 Å². The fraction of sp³-hybridized carbons (Fsp3) is 0.400. The number of rotatable bonds is 2. The van der Waals surface area contributed by atoms with E-state index in [1.807, 2.05) is 13.8 Å². The van der Waals surface area contributed by atoms with Crippen molar-refractivity contribution in [2.24, 2.45) is 0 Å². The molecule has 0 aliphatic carbocycles. The molecule has 1 heterocycles. The average Bonchev–Trinajstić information content (AvgIpc) is 2.34. The predicted molar refractivity (Wildman–Crippen MR) is 55.2 cm³/mol. The van der Waals surface area contributed by atoms with Gasteiger partial charge in [-0.3, -0.25) is 0 Å². The smallest absolute Gasteiger partial charge is 0.716 e. The molecule has 0 radical (unpaired) electrons. The number of hydrogen-bond donors (Lipinski definition) is 0. The molecule has 0 spiro atoms. The molecule has 1 aliphatic heterocycles. The van der Waals surface area contributed by atoms with Gasteiger partial charge in [-0.25, -0.2) is 8.42 Å². The van der Waals surface area contributed by atoms with Crippen LogP contribution in [0.1, 0.15) is 19.4 Å². The van der Waals surface area contributed by atoms with Crippen LogP contribution < -0.4 is 27.8 Å². The molecular weight excluding hydrogens is 239 g/mol. The van der Waals surface area contributed by atoms with Crippen molar-refractivity contribution >= 4 is 10.4 Å². The summed E-state index contributed by atoms with van der Waals surface area (Å²) in [5.41, 5.74) is 0.665. The van der Waals surface area contributed by atoms with Crippen LogP contribution in [0.25, 0.3) is 0 Å². The van der Waals surface area contributed by atoms with Crippen molar-refractivity contribution in [3.8, 4) is 11.5 Å². The van der Waals surface area contributed by atoms with Crippen molar-refractivity contribution in [2.45, 2.75) is 25.9 Å². The van der Waals surface area contributed by atoms with E-state index >= 15 is 0 Å². The van der Waals surface area contributed by atoms with Crippen molar-refractivity contribution < 1.29 is 40.8 Å². The van der Waals surface area contributed by atoms with Gasteiger partial charge >= 0.3 is 18.9 Å². The summed E-state index contributed by atoms with van der Waals surface area (Å²) in [7, 11) is -4.73. The Balaban J connectivity index is 0.00000144. The standard InChI is InChI=1S/C10H12O5S.Li/c1-10(2)6-7-3-4-8(5-9(7)14-10)15-16(11,12)13;/h3-5H,6H2,1-2H3,(H,11,12,13);/q;+1/p-1. The van der Waals surface area contributed by atoms with E-state index in [4.69, 9.17) is 4.74 Å². The molecule has 0 aromatic heterocycles. The van der Waals surface area contributed by atoms with Gasteiger partial charge in [0.2, 0.25) is 0 Å². The summed E-state index contributed by atoms with van der Waals surface area (Å²) >= 11 is 0. The monoisotopic (exact) mass is 250 g/mol. The molecule has 17 heavy (non-hydrogen) atoms. The Labute approximate surface area is 112 Å². The Morgan fingerprint density at radius 3 is 2.65 bits per heavy atom. The van der Waals surface area contributed by atoms with Gasteiger partial charge in [-0.05, 0) is 25.5 Å². The van der Waals surface area contributed by atoms with E-state index < -0.39 is 10.4 Å². The summed E-state index contributed by atoms with van der Waals surface area (Å²) in [5, 5.41) is 0. The third kappa shape index (κ3) is 3.65. The minimum Gasteiger partial charge on any atom is -0.716 e. The molecule has 1 aromatic rings. The predicted octanol–water partition coefficient (Wildman–Crippen LogP) is -1.76. The zero-order chi connectivity index (χ0) is 12.0. The first-order chi connectivity index (χ1) is 7.25. The molecule has 0 atom stereocenters. The van der Waals surface area contributed by atoms with Crippen LogP contribution in [0.5, 0.6) is 11.5 Å². The van der Waals surface area contributed by atoms with E-state index in [0.29, 0.717) is 5.75 Å². The van der Waals surface area contributed by atoms with Crippen LogP contribution in [0.15, 0.2) is 18.2 Å². The summed E-state index contributed by atoms with van der Waals surface area (Å²) in [5.74, 6) is 0.539. The molecule has 0 saturated heterocycles. The van der Waals surface area contributed by atoms with Crippen LogP contribution in [0, 0.1) is 0 Å². The molecule has 5 nitrogen and oxygen atoms in total. The Kier molecular flexibility index (Phi) is 3.84. The number of ether oxygens (including phenoxy) is 1. The van der Waals surface area contributed by atoms with E-state index in [2.05, 4.69) is 4.18 Å². The zero-order valence-corrected chi connectivity index (χ0v) is 10.7. The summed E-state index contributed by atoms with van der Waals surface area (Å²) < 4.78 is 41.0. The van der Waals surface area contributed by atoms with E-state index in [-0.39, 0.29) is 30.2 Å². The molecule has 2 rings (SSSR count). The molecule has 0 N–H and O–H groups in total. The maximum Gasteiger partial charge on any atom is 1.00 e. The molecule has 0 amide bonds. The van der Waals surface area contributed by atoms with E-state index in [1.54, 1.807) is 6.07 Å². The van der Waals surface area contributed by atoms with Crippen LogP contribution in [0.3, 0.4) is 0 Å². The number of benzene rings is 1. The zero-order valence-electron chi connectivity index (χ0n) is 9.89. The summed E-state index contributed by atoms with van der Waals surface area (Å²) in [4.78, 5) is 0. The molecular formula is C10H11LiO5S. The second-order valence-corrected chi connectivity index (χ2v) is 5.28. The molecule has 88 valence electrons. The second kappa shape index (κ2) is 4.54. The molecule has 1 aliphatic rings. The molecule has 7 heteroatoms. The van der Waals surface area contributed by atoms with Crippen LogP contribution in [0.4, 0.5) is 0 Å². The van der Waals surface area contributed by atoms with Crippen molar-refractivity contribution in [2.75, 3.05) is 0 Å². The van der Waals surface area contributed by atoms with Crippen molar-refractivity contribution in [3.63, 3.8) is 0 Å². The molecule has 0 bridgehead atoms. The maximum absolute atomic E-state index is 10.4. The fourth-order valence-electron chi connectivity index (χ4n) is 1.74. The maximum atomic E-state index is 10.4. The summed E-state index contributed by atoms with van der Waals surface area (Å²) in [6, 6.07) is 4.56. The van der Waals surface area contributed by atoms with Gasteiger partial charge in [0.15, 0.2) is 0 Å². The molecule has 0 unspecified atom stereocenters. The van der Waals surface area contributed by atoms with Gasteiger partial charge in [0.1, 0.15) is 17.1 Å². The van der Waals surface area contributed by atoms with Gasteiger partial charge in [0.05, 0.1) is 0 Å². The van der Waals surface area contributed by atoms with E-state index in [0.717, 1.165) is 12.0 Å². The van der Waals surface area contributed by atoms with Crippen molar-refractivity contribution in [3.05, 3.63) is 23.8 Å². The van der Waals surface area contributed by atoms with Gasteiger partial charge in [0.25, 0.3) is 10.4 Å². The van der Waals surface area contributed by atoms with Crippen LogP contribution in [0.2, 0.25) is 0 Å². The first-order valence-corrected chi connectivity index (χ1v) is 6.06. The molecule has 0 saturated carbocycles. The van der Waals surface area contributed by atoms with Crippen LogP contribution >= 0.6 is 0 Å². The van der Waals surface area contributed by atoms with Crippen LogP contribution in [-0.4, -0.2) is 18.6 Å². The van der Waals surface area contributed by atoms with Crippen molar-refractivity contribution in [1.29, 1.82) is 0 Å². The second-order valence-electron chi connectivity index (χ2n) is 4.30. The normalized spacial score (nSPS) is 16.6. The number of hydrogen-bond acceptors (Lipinski definition) is 5. The average molecular weight is 250 g/mol. The first kappa shape index (κ1) is 14.4. The van der Waals surface area contributed by atoms with E-state index in [9.17, 15) is 13.0 Å². The minimum atomic E-state index is -4.73. The van der Waals surface area contributed by atoms with Crippen LogP contribution in [-0.2, 0) is 16.8 Å². The van der Waals surface area contributed by atoms with Gasteiger partial charge in [-0.1, -0.05) is 6.07 Å².